The molecule has 1 aliphatic heterocycles. The van der Waals surface area contributed by atoms with Gasteiger partial charge in [-0.25, -0.2) is 4.39 Å². The second-order valence-corrected chi connectivity index (χ2v) is 3.75. The van der Waals surface area contributed by atoms with Crippen molar-refractivity contribution >= 4 is 0 Å². The Labute approximate surface area is 78.0 Å². The number of nitrogens with one attached hydrogen (secondary N) is 1. The fourth-order valence-electron chi connectivity index (χ4n) is 1.93. The first-order chi connectivity index (χ1) is 6.23. The molecule has 2 heteroatoms. The first kappa shape index (κ1) is 8.70. The number of halogens is 1. The maximum absolute atomic E-state index is 13.6. The molecule has 1 N–H and O–H groups in total. The van der Waals surface area contributed by atoms with Gasteiger partial charge in [-0.1, -0.05) is 30.3 Å². The molecule has 2 rings (SSSR count). The third kappa shape index (κ3) is 1.35. The van der Waals surface area contributed by atoms with E-state index < -0.39 is 11.7 Å². The molecule has 2 unspecified atom stereocenters. The van der Waals surface area contributed by atoms with Crippen molar-refractivity contribution in [2.45, 2.75) is 25.1 Å². The van der Waals surface area contributed by atoms with Crippen molar-refractivity contribution in [1.82, 2.24) is 5.32 Å². The van der Waals surface area contributed by atoms with Crippen LogP contribution in [0.1, 0.15) is 18.9 Å². The van der Waals surface area contributed by atoms with E-state index >= 15 is 0 Å². The van der Waals surface area contributed by atoms with Crippen LogP contribution in [0, 0.1) is 0 Å². The Kier molecular flexibility index (Phi) is 2.08. The molecule has 1 aromatic rings. The molecule has 0 amide bonds. The highest BCUT2D eigenvalue weighted by Crippen LogP contribution is 2.32. The van der Waals surface area contributed by atoms with Crippen LogP contribution in [0.4, 0.5) is 4.39 Å². The summed E-state index contributed by atoms with van der Waals surface area (Å²) in [4.78, 5) is 0. The van der Waals surface area contributed by atoms with Gasteiger partial charge in [-0.3, -0.25) is 0 Å². The van der Waals surface area contributed by atoms with Crippen molar-refractivity contribution in [1.29, 1.82) is 0 Å². The standard InChI is InChI=1S/C11H14FN/c1-11(10(12)7-8-13-11)9-5-3-2-4-6-9/h2-6,10,13H,7-8H2,1H3. The van der Waals surface area contributed by atoms with E-state index in [9.17, 15) is 4.39 Å². The monoisotopic (exact) mass is 179 g/mol. The number of benzene rings is 1. The van der Waals surface area contributed by atoms with Crippen LogP contribution >= 0.6 is 0 Å². The highest BCUT2D eigenvalue weighted by Gasteiger charge is 2.39. The molecule has 1 aliphatic rings. The summed E-state index contributed by atoms with van der Waals surface area (Å²) < 4.78 is 13.6. The van der Waals surface area contributed by atoms with E-state index in [2.05, 4.69) is 5.32 Å². The molecule has 1 saturated heterocycles. The first-order valence-electron chi connectivity index (χ1n) is 4.68. The molecule has 13 heavy (non-hydrogen) atoms. The highest BCUT2D eigenvalue weighted by molar-refractivity contribution is 5.26. The Morgan fingerprint density at radius 3 is 2.62 bits per heavy atom. The van der Waals surface area contributed by atoms with Gasteiger partial charge in [0.2, 0.25) is 0 Å². The molecule has 0 saturated carbocycles. The van der Waals surface area contributed by atoms with Crippen LogP contribution in [0.2, 0.25) is 0 Å². The molecule has 0 spiro atoms. The van der Waals surface area contributed by atoms with Crippen LogP contribution in [-0.4, -0.2) is 12.7 Å². The highest BCUT2D eigenvalue weighted by atomic mass is 19.1. The van der Waals surface area contributed by atoms with Crippen molar-refractivity contribution in [3.8, 4) is 0 Å². The molecule has 1 aromatic carbocycles. The number of hydrogen-bond donors (Lipinski definition) is 1. The number of hydrogen-bond acceptors (Lipinski definition) is 1. The van der Waals surface area contributed by atoms with E-state index in [0.29, 0.717) is 6.42 Å². The maximum atomic E-state index is 13.6. The molecule has 1 heterocycles. The summed E-state index contributed by atoms with van der Waals surface area (Å²) in [5, 5.41) is 3.22. The van der Waals surface area contributed by atoms with Crippen molar-refractivity contribution in [3.05, 3.63) is 35.9 Å². The second kappa shape index (κ2) is 3.11. The topological polar surface area (TPSA) is 12.0 Å². The zero-order valence-corrected chi connectivity index (χ0v) is 7.76. The summed E-state index contributed by atoms with van der Waals surface area (Å²) in [7, 11) is 0. The van der Waals surface area contributed by atoms with E-state index in [0.717, 1.165) is 12.1 Å². The van der Waals surface area contributed by atoms with Crippen molar-refractivity contribution in [2.75, 3.05) is 6.54 Å². The fraction of sp³-hybridized carbons (Fsp3) is 0.455. The molecule has 1 fully saturated rings. The summed E-state index contributed by atoms with van der Waals surface area (Å²) in [5.74, 6) is 0. The minimum absolute atomic E-state index is 0.471. The third-order valence-corrected chi connectivity index (χ3v) is 2.89. The Balaban J connectivity index is 2.34. The van der Waals surface area contributed by atoms with E-state index in [1.807, 2.05) is 37.3 Å². The average Bonchev–Trinajstić information content (AvgIpc) is 2.50. The molecular weight excluding hydrogens is 165 g/mol. The lowest BCUT2D eigenvalue weighted by molar-refractivity contribution is 0.220. The van der Waals surface area contributed by atoms with Crippen LogP contribution in [-0.2, 0) is 5.54 Å². The summed E-state index contributed by atoms with van der Waals surface area (Å²) in [6.45, 7) is 2.70. The van der Waals surface area contributed by atoms with Gasteiger partial charge in [0.15, 0.2) is 0 Å². The summed E-state index contributed by atoms with van der Waals surface area (Å²) in [6.07, 6.45) is -0.152. The second-order valence-electron chi connectivity index (χ2n) is 3.75. The zero-order chi connectivity index (χ0) is 9.31. The molecular formula is C11H14FN. The van der Waals surface area contributed by atoms with Gasteiger partial charge in [-0.05, 0) is 25.5 Å². The summed E-state index contributed by atoms with van der Waals surface area (Å²) in [5.41, 5.74) is 0.571. The van der Waals surface area contributed by atoms with Crippen molar-refractivity contribution in [3.63, 3.8) is 0 Å². The Hall–Kier alpha value is -0.890. The first-order valence-corrected chi connectivity index (χ1v) is 4.68. The van der Waals surface area contributed by atoms with Gasteiger partial charge >= 0.3 is 0 Å². The third-order valence-electron chi connectivity index (χ3n) is 2.89. The van der Waals surface area contributed by atoms with Gasteiger partial charge in [0.1, 0.15) is 6.17 Å². The smallest absolute Gasteiger partial charge is 0.123 e. The Morgan fingerprint density at radius 2 is 2.08 bits per heavy atom. The lowest BCUT2D eigenvalue weighted by Gasteiger charge is -2.27. The maximum Gasteiger partial charge on any atom is 0.123 e. The van der Waals surface area contributed by atoms with E-state index in [-0.39, 0.29) is 0 Å². The molecule has 0 radical (unpaired) electrons. The normalized spacial score (nSPS) is 33.5. The average molecular weight is 179 g/mol. The summed E-state index contributed by atoms with van der Waals surface area (Å²) >= 11 is 0. The van der Waals surface area contributed by atoms with Crippen LogP contribution in [0.3, 0.4) is 0 Å². The quantitative estimate of drug-likeness (QED) is 0.697. The molecule has 70 valence electrons. The lowest BCUT2D eigenvalue weighted by Crippen LogP contribution is -2.39. The summed E-state index contributed by atoms with van der Waals surface area (Å²) in [6, 6.07) is 9.81. The van der Waals surface area contributed by atoms with Gasteiger partial charge in [0, 0.05) is 0 Å². The predicted molar refractivity (Wildman–Crippen MR) is 51.3 cm³/mol. The van der Waals surface area contributed by atoms with E-state index in [4.69, 9.17) is 0 Å². The van der Waals surface area contributed by atoms with Crippen LogP contribution in [0.25, 0.3) is 0 Å². The van der Waals surface area contributed by atoms with Gasteiger partial charge in [0.05, 0.1) is 5.54 Å². The number of rotatable bonds is 1. The molecule has 2 atom stereocenters. The SMILES string of the molecule is CC1(c2ccccc2)NCCC1F. The molecule has 1 nitrogen and oxygen atoms in total. The fourth-order valence-corrected chi connectivity index (χ4v) is 1.93. The minimum Gasteiger partial charge on any atom is -0.305 e. The van der Waals surface area contributed by atoms with E-state index in [1.165, 1.54) is 0 Å². The predicted octanol–water partition coefficient (Wildman–Crippen LogP) is 2.23. The van der Waals surface area contributed by atoms with Gasteiger partial charge in [-0.2, -0.15) is 0 Å². The van der Waals surface area contributed by atoms with Crippen LogP contribution < -0.4 is 5.32 Å². The van der Waals surface area contributed by atoms with Crippen molar-refractivity contribution in [2.24, 2.45) is 0 Å². The zero-order valence-electron chi connectivity index (χ0n) is 7.76. The van der Waals surface area contributed by atoms with E-state index in [1.54, 1.807) is 0 Å². The Morgan fingerprint density at radius 1 is 1.38 bits per heavy atom. The molecule has 0 bridgehead atoms. The van der Waals surface area contributed by atoms with Gasteiger partial charge < -0.3 is 5.32 Å². The number of alkyl halides is 1. The molecule has 0 aromatic heterocycles. The lowest BCUT2D eigenvalue weighted by atomic mass is 9.89. The van der Waals surface area contributed by atoms with Crippen LogP contribution in [0.15, 0.2) is 30.3 Å². The largest absolute Gasteiger partial charge is 0.305 e. The van der Waals surface area contributed by atoms with Gasteiger partial charge in [0.25, 0.3) is 0 Å². The van der Waals surface area contributed by atoms with Crippen molar-refractivity contribution < 1.29 is 4.39 Å². The van der Waals surface area contributed by atoms with Crippen LogP contribution in [0.5, 0.6) is 0 Å². The minimum atomic E-state index is -0.769. The molecule has 0 aliphatic carbocycles. The Bertz CT molecular complexity index is 285. The van der Waals surface area contributed by atoms with Gasteiger partial charge in [-0.15, -0.1) is 0 Å².